The number of rotatable bonds is 5. The third kappa shape index (κ3) is 3.62. The number of amides is 1. The molecular formula is C20H19ClN2O5. The molecule has 2 aromatic rings. The molecule has 7 nitrogen and oxygen atoms in total. The van der Waals surface area contributed by atoms with Gasteiger partial charge in [-0.2, -0.15) is 0 Å². The highest BCUT2D eigenvalue weighted by Crippen LogP contribution is 2.35. The number of nitrogens with zero attached hydrogens (tertiary/aromatic N) is 2. The van der Waals surface area contributed by atoms with E-state index in [1.165, 1.54) is 18.2 Å². The third-order valence-corrected chi connectivity index (χ3v) is 5.44. The lowest BCUT2D eigenvalue weighted by atomic mass is 10.1. The van der Waals surface area contributed by atoms with Crippen molar-refractivity contribution < 1.29 is 19.2 Å². The van der Waals surface area contributed by atoms with E-state index >= 15 is 0 Å². The monoisotopic (exact) mass is 402 g/mol. The number of fused-ring (bicyclic) bond motifs is 1. The van der Waals surface area contributed by atoms with Gasteiger partial charge in [0.15, 0.2) is 11.5 Å². The molecule has 1 amide bonds. The maximum absolute atomic E-state index is 13.4. The van der Waals surface area contributed by atoms with Crippen LogP contribution in [0.15, 0.2) is 36.4 Å². The lowest BCUT2D eigenvalue weighted by Gasteiger charge is -2.29. The summed E-state index contributed by atoms with van der Waals surface area (Å²) in [6.07, 6.45) is 3.83. The normalized spacial score (nSPS) is 15.6. The van der Waals surface area contributed by atoms with Crippen LogP contribution in [0.1, 0.15) is 41.6 Å². The molecule has 0 aromatic heterocycles. The minimum Gasteiger partial charge on any atom is -0.454 e. The van der Waals surface area contributed by atoms with E-state index in [1.54, 1.807) is 4.90 Å². The molecule has 2 aromatic carbocycles. The average Bonchev–Trinajstić information content (AvgIpc) is 3.36. The van der Waals surface area contributed by atoms with Crippen molar-refractivity contribution in [3.05, 3.63) is 62.7 Å². The van der Waals surface area contributed by atoms with Gasteiger partial charge >= 0.3 is 0 Å². The minimum absolute atomic E-state index is 0.0187. The van der Waals surface area contributed by atoms with Crippen LogP contribution >= 0.6 is 11.6 Å². The van der Waals surface area contributed by atoms with Gasteiger partial charge in [0.2, 0.25) is 6.79 Å². The van der Waals surface area contributed by atoms with E-state index in [1.807, 2.05) is 18.2 Å². The van der Waals surface area contributed by atoms with Crippen molar-refractivity contribution in [1.29, 1.82) is 0 Å². The van der Waals surface area contributed by atoms with Crippen LogP contribution in [0.25, 0.3) is 0 Å². The topological polar surface area (TPSA) is 81.9 Å². The van der Waals surface area contributed by atoms with E-state index in [0.29, 0.717) is 23.1 Å². The van der Waals surface area contributed by atoms with Crippen molar-refractivity contribution in [2.45, 2.75) is 38.3 Å². The second-order valence-electron chi connectivity index (χ2n) is 6.98. The summed E-state index contributed by atoms with van der Waals surface area (Å²) in [7, 11) is 0. The lowest BCUT2D eigenvalue weighted by Crippen LogP contribution is -2.38. The van der Waals surface area contributed by atoms with E-state index < -0.39 is 4.92 Å². The van der Waals surface area contributed by atoms with Crippen LogP contribution in [0, 0.1) is 10.1 Å². The Bertz CT molecular complexity index is 927. The smallest absolute Gasteiger partial charge is 0.282 e. The zero-order valence-corrected chi connectivity index (χ0v) is 15.9. The van der Waals surface area contributed by atoms with Gasteiger partial charge in [-0.25, -0.2) is 0 Å². The van der Waals surface area contributed by atoms with Gasteiger partial charge < -0.3 is 14.4 Å². The van der Waals surface area contributed by atoms with Crippen LogP contribution in [0.5, 0.6) is 11.5 Å². The predicted octanol–water partition coefficient (Wildman–Crippen LogP) is 4.56. The van der Waals surface area contributed by atoms with E-state index in [2.05, 4.69) is 0 Å². The SMILES string of the molecule is O=C(c1cc(Cl)ccc1[N+](=O)[O-])N(Cc1ccc2c(c1)OCO2)C1CCCC1. The molecule has 1 fully saturated rings. The van der Waals surface area contributed by atoms with E-state index in [-0.39, 0.29) is 30.0 Å². The van der Waals surface area contributed by atoms with Gasteiger partial charge in [-0.1, -0.05) is 30.5 Å². The van der Waals surface area contributed by atoms with Crippen LogP contribution < -0.4 is 9.47 Å². The minimum atomic E-state index is -0.545. The van der Waals surface area contributed by atoms with E-state index in [9.17, 15) is 14.9 Å². The standard InChI is InChI=1S/C20H19ClN2O5/c21-14-6-7-17(23(25)26)16(10-14)20(24)22(15-3-1-2-4-15)11-13-5-8-18-19(9-13)28-12-27-18/h5-10,15H,1-4,11-12H2. The van der Waals surface area contributed by atoms with Crippen molar-refractivity contribution >= 4 is 23.2 Å². The van der Waals surface area contributed by atoms with Crippen molar-refractivity contribution in [3.8, 4) is 11.5 Å². The third-order valence-electron chi connectivity index (χ3n) is 5.20. The number of ether oxygens (including phenoxy) is 2. The summed E-state index contributed by atoms with van der Waals surface area (Å²) in [5.41, 5.74) is 0.669. The number of nitro benzene ring substituents is 1. The van der Waals surface area contributed by atoms with Crippen molar-refractivity contribution in [2.24, 2.45) is 0 Å². The molecular weight excluding hydrogens is 384 g/mol. The summed E-state index contributed by atoms with van der Waals surface area (Å²) in [6.45, 7) is 0.516. The van der Waals surface area contributed by atoms with Crippen LogP contribution in [0.4, 0.5) is 5.69 Å². The Kier molecular flexibility index (Phi) is 5.09. The molecule has 0 bridgehead atoms. The molecule has 0 spiro atoms. The van der Waals surface area contributed by atoms with E-state index in [0.717, 1.165) is 31.2 Å². The Labute approximate surface area is 167 Å². The Hall–Kier alpha value is -2.80. The van der Waals surface area contributed by atoms with Gasteiger partial charge in [0.05, 0.1) is 4.92 Å². The van der Waals surface area contributed by atoms with Crippen LogP contribution in [0.3, 0.4) is 0 Å². The van der Waals surface area contributed by atoms with Crippen molar-refractivity contribution in [1.82, 2.24) is 4.90 Å². The summed E-state index contributed by atoms with van der Waals surface area (Å²) >= 11 is 6.03. The molecule has 1 aliphatic carbocycles. The van der Waals surface area contributed by atoms with E-state index in [4.69, 9.17) is 21.1 Å². The maximum Gasteiger partial charge on any atom is 0.282 e. The van der Waals surface area contributed by atoms with Crippen LogP contribution in [-0.2, 0) is 6.54 Å². The second-order valence-corrected chi connectivity index (χ2v) is 7.41. The molecule has 0 atom stereocenters. The first kappa shape index (κ1) is 18.6. The largest absolute Gasteiger partial charge is 0.454 e. The van der Waals surface area contributed by atoms with Gasteiger partial charge in [0.1, 0.15) is 5.56 Å². The molecule has 0 unspecified atom stereocenters. The molecule has 146 valence electrons. The van der Waals surface area contributed by atoms with Crippen LogP contribution in [0.2, 0.25) is 5.02 Å². The molecule has 0 saturated heterocycles. The summed E-state index contributed by atoms with van der Waals surface area (Å²) in [5.74, 6) is 0.941. The number of benzene rings is 2. The lowest BCUT2D eigenvalue weighted by molar-refractivity contribution is -0.385. The van der Waals surface area contributed by atoms with Gasteiger partial charge in [0.25, 0.3) is 11.6 Å². The molecule has 1 aliphatic heterocycles. The fourth-order valence-corrected chi connectivity index (χ4v) is 3.98. The Morgan fingerprint density at radius 3 is 2.64 bits per heavy atom. The molecule has 1 saturated carbocycles. The summed E-state index contributed by atoms with van der Waals surface area (Å²) in [5, 5.41) is 11.7. The zero-order valence-electron chi connectivity index (χ0n) is 15.1. The number of hydrogen-bond donors (Lipinski definition) is 0. The highest BCUT2D eigenvalue weighted by atomic mass is 35.5. The molecule has 1 heterocycles. The number of halogens is 1. The predicted molar refractivity (Wildman–Crippen MR) is 103 cm³/mol. The highest BCUT2D eigenvalue weighted by molar-refractivity contribution is 6.31. The van der Waals surface area contributed by atoms with Gasteiger partial charge in [-0.15, -0.1) is 0 Å². The molecule has 4 rings (SSSR count). The summed E-state index contributed by atoms with van der Waals surface area (Å²) in [4.78, 5) is 26.0. The number of carbonyl (C=O) groups is 1. The first-order chi connectivity index (χ1) is 13.5. The Balaban J connectivity index is 1.68. The number of hydrogen-bond acceptors (Lipinski definition) is 5. The number of nitro groups is 1. The Morgan fingerprint density at radius 2 is 1.89 bits per heavy atom. The van der Waals surface area contributed by atoms with Crippen molar-refractivity contribution in [2.75, 3.05) is 6.79 Å². The molecule has 0 N–H and O–H groups in total. The molecule has 2 aliphatic rings. The molecule has 28 heavy (non-hydrogen) atoms. The van der Waals surface area contributed by atoms with Gasteiger partial charge in [-0.3, -0.25) is 14.9 Å². The van der Waals surface area contributed by atoms with Gasteiger partial charge in [-0.05, 0) is 42.7 Å². The Morgan fingerprint density at radius 1 is 1.14 bits per heavy atom. The summed E-state index contributed by atoms with van der Waals surface area (Å²) in [6, 6.07) is 9.67. The first-order valence-corrected chi connectivity index (χ1v) is 9.54. The average molecular weight is 403 g/mol. The highest BCUT2D eigenvalue weighted by Gasteiger charge is 2.32. The maximum atomic E-state index is 13.4. The fraction of sp³-hybridized carbons (Fsp3) is 0.350. The second kappa shape index (κ2) is 7.67. The first-order valence-electron chi connectivity index (χ1n) is 9.16. The van der Waals surface area contributed by atoms with Gasteiger partial charge in [0, 0.05) is 23.7 Å². The zero-order chi connectivity index (χ0) is 19.7. The molecule has 0 radical (unpaired) electrons. The quantitative estimate of drug-likeness (QED) is 0.540. The van der Waals surface area contributed by atoms with Crippen molar-refractivity contribution in [3.63, 3.8) is 0 Å². The molecule has 8 heteroatoms. The van der Waals surface area contributed by atoms with Crippen LogP contribution in [-0.4, -0.2) is 28.6 Å². The summed E-state index contributed by atoms with van der Waals surface area (Å²) < 4.78 is 10.8. The number of carbonyl (C=O) groups excluding carboxylic acids is 1. The fourth-order valence-electron chi connectivity index (χ4n) is 3.81.